The number of sulfonamides is 1. The summed E-state index contributed by atoms with van der Waals surface area (Å²) < 4.78 is 27.3. The lowest BCUT2D eigenvalue weighted by molar-refractivity contribution is -0.120. The van der Waals surface area contributed by atoms with Crippen molar-refractivity contribution in [2.24, 2.45) is 5.92 Å². The van der Waals surface area contributed by atoms with E-state index >= 15 is 0 Å². The fourth-order valence-electron chi connectivity index (χ4n) is 4.04. The molecule has 0 bridgehead atoms. The second kappa shape index (κ2) is 6.34. The lowest BCUT2D eigenvalue weighted by Gasteiger charge is -2.22. The minimum atomic E-state index is -3.73. The molecule has 0 saturated heterocycles. The highest BCUT2D eigenvalue weighted by atomic mass is 32.2. The van der Waals surface area contributed by atoms with E-state index in [2.05, 4.69) is 5.32 Å². The molecule has 2 aliphatic rings. The molecule has 1 aliphatic heterocycles. The van der Waals surface area contributed by atoms with Crippen molar-refractivity contribution in [3.63, 3.8) is 0 Å². The molecular formula is C22H20N2O3S. The van der Waals surface area contributed by atoms with E-state index in [1.54, 1.807) is 18.2 Å². The lowest BCUT2D eigenvalue weighted by Crippen LogP contribution is -2.40. The molecule has 1 unspecified atom stereocenters. The molecule has 5 nitrogen and oxygen atoms in total. The van der Waals surface area contributed by atoms with Gasteiger partial charge in [-0.1, -0.05) is 54.6 Å². The van der Waals surface area contributed by atoms with E-state index in [1.807, 2.05) is 48.5 Å². The van der Waals surface area contributed by atoms with Gasteiger partial charge in [0.15, 0.2) is 0 Å². The molecule has 1 aliphatic carbocycles. The van der Waals surface area contributed by atoms with E-state index in [9.17, 15) is 13.2 Å². The van der Waals surface area contributed by atoms with Gasteiger partial charge in [-0.3, -0.25) is 9.10 Å². The summed E-state index contributed by atoms with van der Waals surface area (Å²) in [5.74, 6) is 0.135. The Morgan fingerprint density at radius 3 is 2.43 bits per heavy atom. The molecule has 1 amide bonds. The normalized spacial score (nSPS) is 18.2. The molecule has 6 heteroatoms. The van der Waals surface area contributed by atoms with Gasteiger partial charge in [-0.15, -0.1) is 0 Å². The average Bonchev–Trinajstić information content (AvgIpc) is 3.52. The standard InChI is InChI=1S/C22H20N2O3S/c25-20(23-22(17-12-13-17)16-6-2-1-3-7-16)14-24-18-10-4-8-15-9-5-11-19(21(15)18)28(24,26)27/h1-11,17,22H,12-14H2,(H,23,25). The van der Waals surface area contributed by atoms with Crippen LogP contribution in [0.5, 0.6) is 0 Å². The number of hydrogen-bond donors (Lipinski definition) is 1. The minimum absolute atomic E-state index is 0.0721. The maximum absolute atomic E-state index is 13.0. The monoisotopic (exact) mass is 392 g/mol. The SMILES string of the molecule is O=C(CN1c2cccc3cccc(c23)S1(=O)=O)NC(c1ccccc1)C1CC1. The highest BCUT2D eigenvalue weighted by molar-refractivity contribution is 7.93. The third-order valence-electron chi connectivity index (χ3n) is 5.54. The summed E-state index contributed by atoms with van der Waals surface area (Å²) in [6, 6.07) is 20.5. The summed E-state index contributed by atoms with van der Waals surface area (Å²) in [6.45, 7) is -0.216. The van der Waals surface area contributed by atoms with Gasteiger partial charge in [-0.25, -0.2) is 8.42 Å². The van der Waals surface area contributed by atoms with Gasteiger partial charge in [0.05, 0.1) is 16.6 Å². The van der Waals surface area contributed by atoms with Crippen molar-refractivity contribution >= 4 is 32.4 Å². The topological polar surface area (TPSA) is 66.5 Å². The van der Waals surface area contributed by atoms with E-state index in [0.29, 0.717) is 17.0 Å². The van der Waals surface area contributed by atoms with E-state index in [-0.39, 0.29) is 23.4 Å². The number of hydrogen-bond acceptors (Lipinski definition) is 3. The quantitative estimate of drug-likeness (QED) is 0.721. The molecule has 1 N–H and O–H groups in total. The Bertz CT molecular complexity index is 1170. The number of nitrogens with one attached hydrogen (secondary N) is 1. The molecular weight excluding hydrogens is 372 g/mol. The molecule has 0 aromatic heterocycles. The highest BCUT2D eigenvalue weighted by Crippen LogP contribution is 2.43. The predicted molar refractivity (Wildman–Crippen MR) is 109 cm³/mol. The largest absolute Gasteiger partial charge is 0.347 e. The Hall–Kier alpha value is -2.86. The lowest BCUT2D eigenvalue weighted by atomic mass is 10.0. The van der Waals surface area contributed by atoms with Gasteiger partial charge in [-0.2, -0.15) is 0 Å². The van der Waals surface area contributed by atoms with Crippen LogP contribution in [0.4, 0.5) is 5.69 Å². The van der Waals surface area contributed by atoms with E-state index < -0.39 is 10.0 Å². The summed E-state index contributed by atoms with van der Waals surface area (Å²) in [5, 5.41) is 4.63. The number of benzene rings is 3. The first-order valence-electron chi connectivity index (χ1n) is 9.44. The molecule has 1 heterocycles. The van der Waals surface area contributed by atoms with E-state index in [0.717, 1.165) is 23.8 Å². The second-order valence-electron chi connectivity index (χ2n) is 7.44. The van der Waals surface area contributed by atoms with Gasteiger partial charge in [0.25, 0.3) is 10.0 Å². The molecule has 1 saturated carbocycles. The molecule has 3 aromatic carbocycles. The first kappa shape index (κ1) is 17.3. The second-order valence-corrected chi connectivity index (χ2v) is 9.27. The molecule has 3 aromatic rings. The van der Waals surface area contributed by atoms with Crippen LogP contribution in [-0.4, -0.2) is 20.9 Å². The summed E-state index contributed by atoms with van der Waals surface area (Å²) >= 11 is 0. The van der Waals surface area contributed by atoms with Gasteiger partial charge in [0.1, 0.15) is 6.54 Å². The van der Waals surface area contributed by atoms with Crippen LogP contribution in [0, 0.1) is 5.92 Å². The molecule has 5 rings (SSSR count). The van der Waals surface area contributed by atoms with Crippen LogP contribution in [-0.2, 0) is 14.8 Å². The Morgan fingerprint density at radius 2 is 1.71 bits per heavy atom. The van der Waals surface area contributed by atoms with Crippen LogP contribution < -0.4 is 9.62 Å². The molecule has 1 fully saturated rings. The van der Waals surface area contributed by atoms with Crippen molar-refractivity contribution in [1.82, 2.24) is 5.32 Å². The first-order chi connectivity index (χ1) is 13.6. The van der Waals surface area contributed by atoms with Crippen molar-refractivity contribution in [2.45, 2.75) is 23.8 Å². The van der Waals surface area contributed by atoms with Crippen LogP contribution in [0.1, 0.15) is 24.4 Å². The Morgan fingerprint density at radius 1 is 1.00 bits per heavy atom. The maximum Gasteiger partial charge on any atom is 0.265 e. The van der Waals surface area contributed by atoms with Crippen LogP contribution in [0.2, 0.25) is 0 Å². The molecule has 28 heavy (non-hydrogen) atoms. The fourth-order valence-corrected chi connectivity index (χ4v) is 5.71. The van der Waals surface area contributed by atoms with Crippen molar-refractivity contribution in [3.05, 3.63) is 72.3 Å². The van der Waals surface area contributed by atoms with Crippen LogP contribution in [0.3, 0.4) is 0 Å². The Kier molecular flexibility index (Phi) is 3.91. The zero-order valence-corrected chi connectivity index (χ0v) is 16.0. The maximum atomic E-state index is 13.0. The molecule has 142 valence electrons. The van der Waals surface area contributed by atoms with Crippen LogP contribution in [0.15, 0.2) is 71.6 Å². The number of rotatable bonds is 5. The molecule has 1 atom stereocenters. The highest BCUT2D eigenvalue weighted by Gasteiger charge is 2.38. The van der Waals surface area contributed by atoms with Crippen molar-refractivity contribution in [2.75, 3.05) is 10.8 Å². The first-order valence-corrected chi connectivity index (χ1v) is 10.9. The summed E-state index contributed by atoms with van der Waals surface area (Å²) in [5.41, 5.74) is 1.64. The predicted octanol–water partition coefficient (Wildman–Crippen LogP) is 3.62. The summed E-state index contributed by atoms with van der Waals surface area (Å²) in [6.07, 6.45) is 2.15. The number of carbonyl (C=O) groups excluding carboxylic acids is 1. The van der Waals surface area contributed by atoms with Gasteiger partial charge >= 0.3 is 0 Å². The third-order valence-corrected chi connectivity index (χ3v) is 7.34. The van der Waals surface area contributed by atoms with Gasteiger partial charge in [0.2, 0.25) is 5.91 Å². The number of carbonyl (C=O) groups is 1. The van der Waals surface area contributed by atoms with Crippen molar-refractivity contribution in [3.8, 4) is 0 Å². The number of anilines is 1. The number of amides is 1. The zero-order valence-electron chi connectivity index (χ0n) is 15.2. The summed E-state index contributed by atoms with van der Waals surface area (Å²) in [4.78, 5) is 13.1. The van der Waals surface area contributed by atoms with Crippen LogP contribution in [0.25, 0.3) is 10.8 Å². The van der Waals surface area contributed by atoms with E-state index in [1.165, 1.54) is 4.31 Å². The van der Waals surface area contributed by atoms with Gasteiger partial charge in [-0.05, 0) is 41.8 Å². The van der Waals surface area contributed by atoms with E-state index in [4.69, 9.17) is 0 Å². The number of nitrogens with zero attached hydrogens (tertiary/aromatic N) is 1. The molecule has 0 radical (unpaired) electrons. The van der Waals surface area contributed by atoms with Gasteiger partial charge in [0, 0.05) is 5.39 Å². The minimum Gasteiger partial charge on any atom is -0.347 e. The van der Waals surface area contributed by atoms with Crippen LogP contribution >= 0.6 is 0 Å². The smallest absolute Gasteiger partial charge is 0.265 e. The average molecular weight is 392 g/mol. The van der Waals surface area contributed by atoms with Gasteiger partial charge < -0.3 is 5.32 Å². The van der Waals surface area contributed by atoms with Crippen molar-refractivity contribution in [1.29, 1.82) is 0 Å². The zero-order chi connectivity index (χ0) is 19.3. The molecule has 0 spiro atoms. The Balaban J connectivity index is 1.43. The van der Waals surface area contributed by atoms with Crippen molar-refractivity contribution < 1.29 is 13.2 Å². The summed E-state index contributed by atoms with van der Waals surface area (Å²) in [7, 11) is -3.73. The Labute approximate surface area is 164 Å². The fraction of sp³-hybridized carbons (Fsp3) is 0.227. The third kappa shape index (κ3) is 2.76.